The fourth-order valence-corrected chi connectivity index (χ4v) is 3.79. The third-order valence-electron chi connectivity index (χ3n) is 4.60. The van der Waals surface area contributed by atoms with Gasteiger partial charge >= 0.3 is 6.03 Å². The Morgan fingerprint density at radius 1 is 0.938 bits per heavy atom. The van der Waals surface area contributed by atoms with Gasteiger partial charge in [0.1, 0.15) is 0 Å². The van der Waals surface area contributed by atoms with Crippen LogP contribution in [0.2, 0.25) is 0 Å². The van der Waals surface area contributed by atoms with Crippen LogP contribution in [0.5, 0.6) is 0 Å². The second-order valence-electron chi connectivity index (χ2n) is 5.61. The third kappa shape index (κ3) is 1.70. The summed E-state index contributed by atoms with van der Waals surface area (Å²) in [7, 11) is 0. The summed E-state index contributed by atoms with van der Waals surface area (Å²) in [4.78, 5) is 14.3. The Hall–Kier alpha value is -0.730. The molecule has 3 heteroatoms. The van der Waals surface area contributed by atoms with Crippen LogP contribution >= 0.6 is 0 Å². The first-order valence-corrected chi connectivity index (χ1v) is 6.95. The standard InChI is InChI=1S/C13H22N2O/c16-13-14-11-8-4-5-9-12(11)15(13)10-6-2-1-3-7-10/h10-12H,1-9H2,(H,14,16). The molecule has 1 heterocycles. The van der Waals surface area contributed by atoms with Crippen molar-refractivity contribution in [3.05, 3.63) is 0 Å². The summed E-state index contributed by atoms with van der Waals surface area (Å²) in [5.41, 5.74) is 0. The average molecular weight is 222 g/mol. The van der Waals surface area contributed by atoms with Gasteiger partial charge in [0.05, 0.1) is 12.1 Å². The molecule has 2 amide bonds. The van der Waals surface area contributed by atoms with Gasteiger partial charge in [-0.25, -0.2) is 4.79 Å². The summed E-state index contributed by atoms with van der Waals surface area (Å²) in [6, 6.07) is 1.75. The largest absolute Gasteiger partial charge is 0.333 e. The molecule has 0 radical (unpaired) electrons. The van der Waals surface area contributed by atoms with Crippen molar-refractivity contribution in [2.45, 2.75) is 75.9 Å². The molecule has 3 rings (SSSR count). The Labute approximate surface area is 97.6 Å². The summed E-state index contributed by atoms with van der Waals surface area (Å²) < 4.78 is 0. The van der Waals surface area contributed by atoms with Gasteiger partial charge in [0.2, 0.25) is 0 Å². The first-order valence-electron chi connectivity index (χ1n) is 6.95. The lowest BCUT2D eigenvalue weighted by Crippen LogP contribution is -2.45. The zero-order valence-corrected chi connectivity index (χ0v) is 9.95. The molecule has 1 aliphatic heterocycles. The number of urea groups is 1. The number of carbonyl (C=O) groups excluding carboxylic acids is 1. The van der Waals surface area contributed by atoms with Crippen molar-refractivity contribution < 1.29 is 4.79 Å². The minimum atomic E-state index is 0.226. The maximum Gasteiger partial charge on any atom is 0.318 e. The van der Waals surface area contributed by atoms with E-state index in [-0.39, 0.29) is 6.03 Å². The van der Waals surface area contributed by atoms with Gasteiger partial charge < -0.3 is 10.2 Å². The second-order valence-corrected chi connectivity index (χ2v) is 5.61. The number of nitrogens with one attached hydrogen (secondary N) is 1. The predicted octanol–water partition coefficient (Wildman–Crippen LogP) is 2.66. The molecule has 2 aliphatic carbocycles. The van der Waals surface area contributed by atoms with Crippen molar-refractivity contribution in [2.24, 2.45) is 0 Å². The molecule has 3 aliphatic rings. The third-order valence-corrected chi connectivity index (χ3v) is 4.60. The fraction of sp³-hybridized carbons (Fsp3) is 0.923. The topological polar surface area (TPSA) is 32.3 Å². The van der Waals surface area contributed by atoms with Gasteiger partial charge in [-0.15, -0.1) is 0 Å². The quantitative estimate of drug-likeness (QED) is 0.727. The summed E-state index contributed by atoms with van der Waals surface area (Å²) in [6.07, 6.45) is 11.5. The van der Waals surface area contributed by atoms with E-state index in [2.05, 4.69) is 10.2 Å². The molecule has 2 unspecified atom stereocenters. The van der Waals surface area contributed by atoms with Crippen LogP contribution in [-0.4, -0.2) is 29.1 Å². The summed E-state index contributed by atoms with van der Waals surface area (Å²) in [5.74, 6) is 0. The Balaban J connectivity index is 1.74. The molecule has 0 aromatic carbocycles. The van der Waals surface area contributed by atoms with Crippen molar-refractivity contribution in [1.29, 1.82) is 0 Å². The highest BCUT2D eigenvalue weighted by Gasteiger charge is 2.43. The van der Waals surface area contributed by atoms with E-state index in [1.165, 1.54) is 57.8 Å². The normalized spacial score (nSPS) is 36.0. The summed E-state index contributed by atoms with van der Waals surface area (Å²) in [6.45, 7) is 0. The molecule has 90 valence electrons. The first kappa shape index (κ1) is 10.4. The minimum Gasteiger partial charge on any atom is -0.333 e. The van der Waals surface area contributed by atoms with Gasteiger partial charge in [-0.05, 0) is 25.7 Å². The maximum absolute atomic E-state index is 12.1. The molecule has 1 N–H and O–H groups in total. The van der Waals surface area contributed by atoms with Crippen molar-refractivity contribution >= 4 is 6.03 Å². The van der Waals surface area contributed by atoms with Gasteiger partial charge in [0, 0.05) is 6.04 Å². The summed E-state index contributed by atoms with van der Waals surface area (Å²) >= 11 is 0. The Bertz CT molecular complexity index is 273. The number of hydrogen-bond acceptors (Lipinski definition) is 1. The number of fused-ring (bicyclic) bond motifs is 1. The molecule has 2 saturated carbocycles. The van der Waals surface area contributed by atoms with E-state index < -0.39 is 0 Å². The SMILES string of the molecule is O=C1NC2CCCCC2N1C1CCCCC1. The minimum absolute atomic E-state index is 0.226. The highest BCUT2D eigenvalue weighted by molar-refractivity contribution is 5.78. The molecular formula is C13H22N2O. The van der Waals surface area contributed by atoms with Gasteiger partial charge in [0.15, 0.2) is 0 Å². The molecular weight excluding hydrogens is 200 g/mol. The number of carbonyl (C=O) groups is 1. The van der Waals surface area contributed by atoms with E-state index in [0.717, 1.165) is 0 Å². The molecule has 0 aromatic rings. The van der Waals surface area contributed by atoms with Crippen molar-refractivity contribution in [1.82, 2.24) is 10.2 Å². The fourth-order valence-electron chi connectivity index (χ4n) is 3.79. The van der Waals surface area contributed by atoms with Gasteiger partial charge in [-0.2, -0.15) is 0 Å². The van der Waals surface area contributed by atoms with Crippen LogP contribution < -0.4 is 5.32 Å². The first-order chi connectivity index (χ1) is 7.86. The lowest BCUT2D eigenvalue weighted by molar-refractivity contribution is 0.134. The maximum atomic E-state index is 12.1. The van der Waals surface area contributed by atoms with E-state index in [9.17, 15) is 4.79 Å². The van der Waals surface area contributed by atoms with Crippen molar-refractivity contribution in [3.8, 4) is 0 Å². The highest BCUT2D eigenvalue weighted by atomic mass is 16.2. The lowest BCUT2D eigenvalue weighted by Gasteiger charge is -2.37. The van der Waals surface area contributed by atoms with Crippen LogP contribution in [0.3, 0.4) is 0 Å². The Kier molecular flexibility index (Phi) is 2.78. The zero-order valence-electron chi connectivity index (χ0n) is 9.95. The second kappa shape index (κ2) is 4.27. The van der Waals surface area contributed by atoms with E-state index in [0.29, 0.717) is 18.1 Å². The number of rotatable bonds is 1. The Morgan fingerprint density at radius 3 is 2.44 bits per heavy atom. The van der Waals surface area contributed by atoms with Gasteiger partial charge in [-0.3, -0.25) is 0 Å². The number of nitrogens with zero attached hydrogens (tertiary/aromatic N) is 1. The molecule has 16 heavy (non-hydrogen) atoms. The predicted molar refractivity (Wildman–Crippen MR) is 63.3 cm³/mol. The zero-order chi connectivity index (χ0) is 11.0. The molecule has 0 aromatic heterocycles. The van der Waals surface area contributed by atoms with Crippen molar-refractivity contribution in [2.75, 3.05) is 0 Å². The van der Waals surface area contributed by atoms with Crippen LogP contribution in [0.25, 0.3) is 0 Å². The average Bonchev–Trinajstić information content (AvgIpc) is 2.66. The monoisotopic (exact) mass is 222 g/mol. The molecule has 0 bridgehead atoms. The van der Waals surface area contributed by atoms with Crippen LogP contribution in [0.1, 0.15) is 57.8 Å². The van der Waals surface area contributed by atoms with Gasteiger partial charge in [0.25, 0.3) is 0 Å². The smallest absolute Gasteiger partial charge is 0.318 e. The Morgan fingerprint density at radius 2 is 1.62 bits per heavy atom. The molecule has 2 atom stereocenters. The van der Waals surface area contributed by atoms with E-state index in [1.807, 2.05) is 0 Å². The van der Waals surface area contributed by atoms with E-state index in [4.69, 9.17) is 0 Å². The molecule has 3 nitrogen and oxygen atoms in total. The molecule has 1 saturated heterocycles. The number of amides is 2. The van der Waals surface area contributed by atoms with Crippen LogP contribution in [0, 0.1) is 0 Å². The van der Waals surface area contributed by atoms with E-state index >= 15 is 0 Å². The van der Waals surface area contributed by atoms with Crippen LogP contribution in [-0.2, 0) is 0 Å². The van der Waals surface area contributed by atoms with Crippen molar-refractivity contribution in [3.63, 3.8) is 0 Å². The van der Waals surface area contributed by atoms with Crippen LogP contribution in [0.15, 0.2) is 0 Å². The lowest BCUT2D eigenvalue weighted by atomic mass is 9.88. The number of hydrogen-bond donors (Lipinski definition) is 1. The summed E-state index contributed by atoms with van der Waals surface area (Å²) in [5, 5.41) is 3.19. The van der Waals surface area contributed by atoms with Crippen LogP contribution in [0.4, 0.5) is 4.79 Å². The van der Waals surface area contributed by atoms with E-state index in [1.54, 1.807) is 0 Å². The van der Waals surface area contributed by atoms with Gasteiger partial charge in [-0.1, -0.05) is 32.1 Å². The molecule has 3 fully saturated rings. The molecule has 0 spiro atoms. The highest BCUT2D eigenvalue weighted by Crippen LogP contribution is 2.33.